The quantitative estimate of drug-likeness (QED) is 0.354. The third-order valence-electron chi connectivity index (χ3n) is 4.32. The maximum Gasteiger partial charge on any atom is 0.434 e. The molecule has 1 aromatic rings. The van der Waals surface area contributed by atoms with Gasteiger partial charge >= 0.3 is 6.18 Å². The Morgan fingerprint density at radius 1 is 1.28 bits per heavy atom. The van der Waals surface area contributed by atoms with Gasteiger partial charge in [-0.05, 0) is 38.5 Å². The summed E-state index contributed by atoms with van der Waals surface area (Å²) in [6.45, 7) is 5.06. The monoisotopic (exact) mass is 490 g/mol. The highest BCUT2D eigenvalue weighted by atomic mass is 127. The molecule has 0 atom stereocenters. The second kappa shape index (κ2) is 10.5. The highest BCUT2D eigenvalue weighted by Crippen LogP contribution is 2.30. The molecule has 1 fully saturated rings. The van der Waals surface area contributed by atoms with Gasteiger partial charge in [0.2, 0.25) is 0 Å². The van der Waals surface area contributed by atoms with Crippen LogP contribution in [0.1, 0.15) is 56.7 Å². The zero-order chi connectivity index (χ0) is 17.6. The van der Waals surface area contributed by atoms with Gasteiger partial charge in [-0.1, -0.05) is 13.3 Å². The van der Waals surface area contributed by atoms with Crippen molar-refractivity contribution in [1.29, 1.82) is 0 Å². The Morgan fingerprint density at radius 2 is 1.96 bits per heavy atom. The van der Waals surface area contributed by atoms with Gasteiger partial charge in [-0.3, -0.25) is 0 Å². The fourth-order valence-corrected chi connectivity index (χ4v) is 3.61. The number of rotatable bonds is 5. The summed E-state index contributed by atoms with van der Waals surface area (Å²) in [4.78, 5) is 8.00. The summed E-state index contributed by atoms with van der Waals surface area (Å²) in [5, 5.41) is 7.97. The van der Waals surface area contributed by atoms with E-state index in [1.807, 2.05) is 6.92 Å². The summed E-state index contributed by atoms with van der Waals surface area (Å²) >= 11 is 0.992. The maximum absolute atomic E-state index is 12.6. The molecule has 9 heteroatoms. The van der Waals surface area contributed by atoms with Gasteiger partial charge in [0.15, 0.2) is 11.7 Å². The lowest BCUT2D eigenvalue weighted by Crippen LogP contribution is -2.44. The number of hydrogen-bond donors (Lipinski definition) is 2. The molecule has 25 heavy (non-hydrogen) atoms. The first kappa shape index (κ1) is 22.5. The molecule has 0 aromatic carbocycles. The number of aliphatic imine (C=N–C) groups is 1. The van der Waals surface area contributed by atoms with Crippen LogP contribution in [0.25, 0.3) is 0 Å². The van der Waals surface area contributed by atoms with E-state index in [2.05, 4.69) is 27.5 Å². The van der Waals surface area contributed by atoms with Gasteiger partial charge in [0.25, 0.3) is 0 Å². The minimum Gasteiger partial charge on any atom is -0.357 e. The molecule has 1 aliphatic carbocycles. The molecule has 0 unspecified atom stereocenters. The standard InChI is InChI=1S/C16H25F3N4S.HI/c1-3-11-5-7-12(8-6-11)22-15(20-4-2)21-9-14-23-13(10-24-14)16(17,18)19;/h10-12H,3-9H2,1-2H3,(H2,20,21,22);1H. The van der Waals surface area contributed by atoms with Crippen molar-refractivity contribution in [2.75, 3.05) is 6.54 Å². The van der Waals surface area contributed by atoms with E-state index in [9.17, 15) is 13.2 Å². The molecular weight excluding hydrogens is 464 g/mol. The van der Waals surface area contributed by atoms with Gasteiger partial charge in [-0.15, -0.1) is 35.3 Å². The van der Waals surface area contributed by atoms with E-state index in [1.54, 1.807) is 0 Å². The molecule has 0 aliphatic heterocycles. The SMILES string of the molecule is CCNC(=NCc1nc(C(F)(F)F)cs1)NC1CCC(CC)CC1.I. The Kier molecular flexibility index (Phi) is 9.47. The average molecular weight is 490 g/mol. The third-order valence-corrected chi connectivity index (χ3v) is 5.16. The lowest BCUT2D eigenvalue weighted by molar-refractivity contribution is -0.140. The Labute approximate surface area is 168 Å². The smallest absolute Gasteiger partial charge is 0.357 e. The molecule has 1 aromatic heterocycles. The fourth-order valence-electron chi connectivity index (χ4n) is 2.89. The van der Waals surface area contributed by atoms with E-state index in [0.717, 1.165) is 35.5 Å². The normalized spacial score (nSPS) is 21.6. The number of thiazole rings is 1. The van der Waals surface area contributed by atoms with Crippen LogP contribution in [0.4, 0.5) is 13.2 Å². The summed E-state index contributed by atoms with van der Waals surface area (Å²) in [6, 6.07) is 0.382. The zero-order valence-corrected chi connectivity index (χ0v) is 17.7. The van der Waals surface area contributed by atoms with Gasteiger partial charge in [0.1, 0.15) is 5.01 Å². The van der Waals surface area contributed by atoms with Crippen molar-refractivity contribution in [3.63, 3.8) is 0 Å². The van der Waals surface area contributed by atoms with Gasteiger partial charge in [-0.2, -0.15) is 13.2 Å². The Balaban J connectivity index is 0.00000312. The summed E-state index contributed by atoms with van der Waals surface area (Å²) in [5.41, 5.74) is -0.839. The van der Waals surface area contributed by atoms with Crippen molar-refractivity contribution in [3.8, 4) is 0 Å². The molecule has 1 saturated carbocycles. The third kappa shape index (κ3) is 7.28. The number of guanidine groups is 1. The van der Waals surface area contributed by atoms with Crippen molar-refractivity contribution in [2.24, 2.45) is 10.9 Å². The van der Waals surface area contributed by atoms with E-state index < -0.39 is 11.9 Å². The molecule has 2 N–H and O–H groups in total. The minimum absolute atomic E-state index is 0. The topological polar surface area (TPSA) is 49.3 Å². The van der Waals surface area contributed by atoms with Crippen molar-refractivity contribution < 1.29 is 13.2 Å². The number of nitrogens with zero attached hydrogens (tertiary/aromatic N) is 2. The molecule has 0 saturated heterocycles. The Hall–Kier alpha value is -0.580. The van der Waals surface area contributed by atoms with Gasteiger partial charge in [-0.25, -0.2) is 9.98 Å². The first-order chi connectivity index (χ1) is 11.4. The summed E-state index contributed by atoms with van der Waals surface area (Å²) in [6.07, 6.45) is 1.49. The highest BCUT2D eigenvalue weighted by molar-refractivity contribution is 14.0. The van der Waals surface area contributed by atoms with E-state index in [0.29, 0.717) is 23.6 Å². The van der Waals surface area contributed by atoms with Crippen LogP contribution in [0.15, 0.2) is 10.4 Å². The average Bonchev–Trinajstić information content (AvgIpc) is 3.03. The highest BCUT2D eigenvalue weighted by Gasteiger charge is 2.33. The first-order valence-electron chi connectivity index (χ1n) is 8.48. The predicted octanol–water partition coefficient (Wildman–Crippen LogP) is 4.80. The fraction of sp³-hybridized carbons (Fsp3) is 0.750. The summed E-state index contributed by atoms with van der Waals surface area (Å²) < 4.78 is 37.7. The molecule has 1 heterocycles. The minimum atomic E-state index is -4.39. The molecule has 0 amide bonds. The predicted molar refractivity (Wildman–Crippen MR) is 107 cm³/mol. The first-order valence-corrected chi connectivity index (χ1v) is 9.36. The molecule has 0 bridgehead atoms. The van der Waals surface area contributed by atoms with Crippen LogP contribution in [-0.2, 0) is 12.7 Å². The van der Waals surface area contributed by atoms with Crippen molar-refractivity contribution in [1.82, 2.24) is 15.6 Å². The summed E-state index contributed by atoms with van der Waals surface area (Å²) in [5.74, 6) is 1.47. The Bertz CT molecular complexity index is 540. The van der Waals surface area contributed by atoms with Crippen molar-refractivity contribution in [2.45, 2.75) is 64.7 Å². The second-order valence-electron chi connectivity index (χ2n) is 6.09. The van der Waals surface area contributed by atoms with E-state index in [4.69, 9.17) is 0 Å². The van der Waals surface area contributed by atoms with Crippen LogP contribution in [0.5, 0.6) is 0 Å². The molecule has 4 nitrogen and oxygen atoms in total. The van der Waals surface area contributed by atoms with E-state index >= 15 is 0 Å². The molecular formula is C16H26F3IN4S. The van der Waals surface area contributed by atoms with Crippen LogP contribution in [0.2, 0.25) is 0 Å². The second-order valence-corrected chi connectivity index (χ2v) is 7.03. The zero-order valence-electron chi connectivity index (χ0n) is 14.5. The molecule has 0 spiro atoms. The van der Waals surface area contributed by atoms with Gasteiger partial charge in [0, 0.05) is 18.0 Å². The lowest BCUT2D eigenvalue weighted by Gasteiger charge is -2.29. The van der Waals surface area contributed by atoms with Crippen molar-refractivity contribution >= 4 is 41.3 Å². The number of halogens is 4. The van der Waals surface area contributed by atoms with Crippen LogP contribution in [0.3, 0.4) is 0 Å². The van der Waals surface area contributed by atoms with Crippen molar-refractivity contribution in [3.05, 3.63) is 16.1 Å². The number of nitrogens with one attached hydrogen (secondary N) is 2. The lowest BCUT2D eigenvalue weighted by atomic mass is 9.84. The number of aromatic nitrogens is 1. The maximum atomic E-state index is 12.6. The number of hydrogen-bond acceptors (Lipinski definition) is 3. The molecule has 1 aliphatic rings. The molecule has 0 radical (unpaired) electrons. The van der Waals surface area contributed by atoms with Gasteiger partial charge < -0.3 is 10.6 Å². The van der Waals surface area contributed by atoms with Crippen LogP contribution in [0, 0.1) is 5.92 Å². The molecule has 2 rings (SSSR count). The molecule has 144 valence electrons. The van der Waals surface area contributed by atoms with Crippen LogP contribution in [-0.4, -0.2) is 23.5 Å². The van der Waals surface area contributed by atoms with E-state index in [1.165, 1.54) is 19.3 Å². The largest absolute Gasteiger partial charge is 0.434 e. The summed E-state index contributed by atoms with van der Waals surface area (Å²) in [7, 11) is 0. The number of alkyl halides is 3. The van der Waals surface area contributed by atoms with Crippen LogP contribution >= 0.6 is 35.3 Å². The van der Waals surface area contributed by atoms with Crippen LogP contribution < -0.4 is 10.6 Å². The Morgan fingerprint density at radius 3 is 2.48 bits per heavy atom. The van der Waals surface area contributed by atoms with E-state index in [-0.39, 0.29) is 30.5 Å². The van der Waals surface area contributed by atoms with Gasteiger partial charge in [0.05, 0.1) is 6.54 Å².